The number of hydrogen-bond acceptors (Lipinski definition) is 2. The van der Waals surface area contributed by atoms with Crippen LogP contribution in [0.15, 0.2) is 54.6 Å². The van der Waals surface area contributed by atoms with Crippen LogP contribution in [0.3, 0.4) is 0 Å². The summed E-state index contributed by atoms with van der Waals surface area (Å²) in [7, 11) is 0. The van der Waals surface area contributed by atoms with Gasteiger partial charge >= 0.3 is 0 Å². The summed E-state index contributed by atoms with van der Waals surface area (Å²) in [4.78, 5) is 15.0. The SMILES string of the molecule is CCC(C(=O)c1ccccc1)N1Cc2ccccc2C1. The Morgan fingerprint density at radius 1 is 1.00 bits per heavy atom. The van der Waals surface area contributed by atoms with Crippen molar-refractivity contribution in [2.45, 2.75) is 32.5 Å². The molecule has 2 aromatic carbocycles. The van der Waals surface area contributed by atoms with Gasteiger partial charge in [0.05, 0.1) is 6.04 Å². The van der Waals surface area contributed by atoms with Crippen LogP contribution in [0.5, 0.6) is 0 Å². The molecule has 0 radical (unpaired) electrons. The van der Waals surface area contributed by atoms with Gasteiger partial charge < -0.3 is 0 Å². The third-order valence-corrected chi connectivity index (χ3v) is 4.05. The van der Waals surface area contributed by atoms with E-state index in [1.165, 1.54) is 11.1 Å². The van der Waals surface area contributed by atoms with Crippen molar-refractivity contribution in [2.24, 2.45) is 0 Å². The highest BCUT2D eigenvalue weighted by molar-refractivity contribution is 6.00. The van der Waals surface area contributed by atoms with E-state index in [9.17, 15) is 4.79 Å². The normalized spacial score (nSPS) is 15.8. The zero-order valence-electron chi connectivity index (χ0n) is 11.8. The Kier molecular flexibility index (Phi) is 3.66. The highest BCUT2D eigenvalue weighted by atomic mass is 16.1. The molecule has 1 aliphatic rings. The Hall–Kier alpha value is -1.93. The summed E-state index contributed by atoms with van der Waals surface area (Å²) in [6, 6.07) is 18.1. The Bertz CT molecular complexity index is 581. The summed E-state index contributed by atoms with van der Waals surface area (Å²) in [6.07, 6.45) is 0.849. The van der Waals surface area contributed by atoms with Crippen molar-refractivity contribution >= 4 is 5.78 Å². The molecule has 0 saturated carbocycles. The number of ketones is 1. The molecular formula is C18H19NO. The van der Waals surface area contributed by atoms with E-state index in [1.807, 2.05) is 30.3 Å². The zero-order chi connectivity index (χ0) is 13.9. The second kappa shape index (κ2) is 5.59. The molecule has 0 N–H and O–H groups in total. The minimum Gasteiger partial charge on any atom is -0.292 e. The number of carbonyl (C=O) groups is 1. The third kappa shape index (κ3) is 2.39. The van der Waals surface area contributed by atoms with Crippen molar-refractivity contribution in [1.29, 1.82) is 0 Å². The molecule has 3 rings (SSSR count). The van der Waals surface area contributed by atoms with E-state index in [2.05, 4.69) is 36.1 Å². The van der Waals surface area contributed by atoms with Crippen LogP contribution >= 0.6 is 0 Å². The molecule has 0 bridgehead atoms. The maximum Gasteiger partial charge on any atom is 0.179 e. The van der Waals surface area contributed by atoms with E-state index in [-0.39, 0.29) is 11.8 Å². The lowest BCUT2D eigenvalue weighted by Crippen LogP contribution is -2.37. The van der Waals surface area contributed by atoms with Crippen molar-refractivity contribution in [3.8, 4) is 0 Å². The molecule has 0 amide bonds. The Morgan fingerprint density at radius 2 is 1.55 bits per heavy atom. The van der Waals surface area contributed by atoms with Crippen LogP contribution in [0.1, 0.15) is 34.8 Å². The molecule has 2 nitrogen and oxygen atoms in total. The average Bonchev–Trinajstić information content (AvgIpc) is 2.92. The molecule has 1 atom stereocenters. The van der Waals surface area contributed by atoms with Gasteiger partial charge in [-0.1, -0.05) is 61.5 Å². The monoisotopic (exact) mass is 265 g/mol. The number of Topliss-reactive ketones (excluding diaryl/α,β-unsaturated/α-hetero) is 1. The number of carbonyl (C=O) groups excluding carboxylic acids is 1. The number of fused-ring (bicyclic) bond motifs is 1. The molecular weight excluding hydrogens is 246 g/mol. The number of nitrogens with zero attached hydrogens (tertiary/aromatic N) is 1. The predicted octanol–water partition coefficient (Wildman–Crippen LogP) is 3.66. The van der Waals surface area contributed by atoms with Crippen molar-refractivity contribution in [3.05, 3.63) is 71.3 Å². The quantitative estimate of drug-likeness (QED) is 0.786. The lowest BCUT2D eigenvalue weighted by atomic mass is 10.0. The van der Waals surface area contributed by atoms with E-state index in [4.69, 9.17) is 0 Å². The first-order valence-electron chi connectivity index (χ1n) is 7.19. The van der Waals surface area contributed by atoms with Crippen molar-refractivity contribution in [3.63, 3.8) is 0 Å². The number of benzene rings is 2. The van der Waals surface area contributed by atoms with Crippen LogP contribution in [0, 0.1) is 0 Å². The minimum atomic E-state index is -0.0233. The van der Waals surface area contributed by atoms with E-state index < -0.39 is 0 Å². The topological polar surface area (TPSA) is 20.3 Å². The highest BCUT2D eigenvalue weighted by Gasteiger charge is 2.29. The van der Waals surface area contributed by atoms with Crippen LogP contribution < -0.4 is 0 Å². The maximum atomic E-state index is 12.7. The third-order valence-electron chi connectivity index (χ3n) is 4.05. The molecule has 1 unspecified atom stereocenters. The maximum absolute atomic E-state index is 12.7. The number of rotatable bonds is 4. The second-order valence-electron chi connectivity index (χ2n) is 5.33. The fourth-order valence-corrected chi connectivity index (χ4v) is 2.98. The van der Waals surface area contributed by atoms with Crippen LogP contribution in [-0.2, 0) is 13.1 Å². The zero-order valence-corrected chi connectivity index (χ0v) is 11.8. The number of hydrogen-bond donors (Lipinski definition) is 0. The summed E-state index contributed by atoms with van der Waals surface area (Å²) < 4.78 is 0. The second-order valence-corrected chi connectivity index (χ2v) is 5.33. The van der Waals surface area contributed by atoms with Gasteiger partial charge in [-0.3, -0.25) is 9.69 Å². The molecule has 1 aliphatic heterocycles. The Balaban J connectivity index is 1.81. The van der Waals surface area contributed by atoms with E-state index in [1.54, 1.807) is 0 Å². The van der Waals surface area contributed by atoms with E-state index in [0.717, 1.165) is 25.1 Å². The minimum absolute atomic E-state index is 0.0233. The molecule has 0 aromatic heterocycles. The van der Waals surface area contributed by atoms with Crippen LogP contribution in [0.4, 0.5) is 0 Å². The van der Waals surface area contributed by atoms with Crippen molar-refractivity contribution < 1.29 is 4.79 Å². The fourth-order valence-electron chi connectivity index (χ4n) is 2.98. The molecule has 102 valence electrons. The fraction of sp³-hybridized carbons (Fsp3) is 0.278. The highest BCUT2D eigenvalue weighted by Crippen LogP contribution is 2.26. The van der Waals surface area contributed by atoms with Gasteiger partial charge in [-0.15, -0.1) is 0 Å². The molecule has 0 saturated heterocycles. The van der Waals surface area contributed by atoms with Gasteiger partial charge in [0, 0.05) is 18.7 Å². The summed E-state index contributed by atoms with van der Waals surface area (Å²) in [5, 5.41) is 0. The summed E-state index contributed by atoms with van der Waals surface area (Å²) in [6.45, 7) is 3.86. The molecule has 2 heteroatoms. The lowest BCUT2D eigenvalue weighted by molar-refractivity contribution is 0.0807. The van der Waals surface area contributed by atoms with Gasteiger partial charge in [0.1, 0.15) is 0 Å². The Morgan fingerprint density at radius 3 is 2.10 bits per heavy atom. The van der Waals surface area contributed by atoms with Crippen LogP contribution in [0.2, 0.25) is 0 Å². The molecule has 0 aliphatic carbocycles. The van der Waals surface area contributed by atoms with Gasteiger partial charge in [-0.05, 0) is 17.5 Å². The summed E-state index contributed by atoms with van der Waals surface area (Å²) in [5.41, 5.74) is 3.52. The smallest absolute Gasteiger partial charge is 0.179 e. The first-order chi connectivity index (χ1) is 9.79. The predicted molar refractivity (Wildman–Crippen MR) is 80.5 cm³/mol. The van der Waals surface area contributed by atoms with Gasteiger partial charge in [-0.2, -0.15) is 0 Å². The van der Waals surface area contributed by atoms with Crippen LogP contribution in [0.25, 0.3) is 0 Å². The van der Waals surface area contributed by atoms with Gasteiger partial charge in [0.15, 0.2) is 5.78 Å². The molecule has 20 heavy (non-hydrogen) atoms. The van der Waals surface area contributed by atoms with Gasteiger partial charge in [0.2, 0.25) is 0 Å². The Labute approximate surface area is 120 Å². The van der Waals surface area contributed by atoms with Gasteiger partial charge in [0.25, 0.3) is 0 Å². The first kappa shape index (κ1) is 13.1. The lowest BCUT2D eigenvalue weighted by Gasteiger charge is -2.25. The van der Waals surface area contributed by atoms with Gasteiger partial charge in [-0.25, -0.2) is 0 Å². The molecule has 0 fully saturated rings. The standard InChI is InChI=1S/C18H19NO/c1-2-17(18(20)14-8-4-3-5-9-14)19-12-15-10-6-7-11-16(15)13-19/h3-11,17H,2,12-13H2,1H3. The molecule has 0 spiro atoms. The van der Waals surface area contributed by atoms with E-state index >= 15 is 0 Å². The first-order valence-corrected chi connectivity index (χ1v) is 7.19. The summed E-state index contributed by atoms with van der Waals surface area (Å²) >= 11 is 0. The molecule has 1 heterocycles. The van der Waals surface area contributed by atoms with E-state index in [0.29, 0.717) is 0 Å². The largest absolute Gasteiger partial charge is 0.292 e. The van der Waals surface area contributed by atoms with Crippen molar-refractivity contribution in [1.82, 2.24) is 4.90 Å². The molecule has 2 aromatic rings. The van der Waals surface area contributed by atoms with Crippen molar-refractivity contribution in [2.75, 3.05) is 0 Å². The average molecular weight is 265 g/mol. The summed E-state index contributed by atoms with van der Waals surface area (Å²) in [5.74, 6) is 0.237. The van der Waals surface area contributed by atoms with Crippen LogP contribution in [-0.4, -0.2) is 16.7 Å².